The van der Waals surface area contributed by atoms with Crippen LogP contribution in [0.15, 0.2) is 6.33 Å². The van der Waals surface area contributed by atoms with Gasteiger partial charge in [0.25, 0.3) is 0 Å². The van der Waals surface area contributed by atoms with Gasteiger partial charge in [-0.15, -0.1) is 0 Å². The van der Waals surface area contributed by atoms with Crippen molar-refractivity contribution in [2.45, 2.75) is 13.5 Å². The van der Waals surface area contributed by atoms with Crippen LogP contribution >= 0.6 is 0 Å². The minimum atomic E-state index is 0.373. The van der Waals surface area contributed by atoms with Crippen molar-refractivity contribution in [2.75, 3.05) is 0 Å². The predicted molar refractivity (Wildman–Crippen MR) is 30.4 cm³/mol. The van der Waals surface area contributed by atoms with Gasteiger partial charge in [-0.05, 0) is 6.92 Å². The van der Waals surface area contributed by atoms with Gasteiger partial charge in [0.05, 0.1) is 0 Å². The van der Waals surface area contributed by atoms with Gasteiger partial charge in [-0.3, -0.25) is 0 Å². The fourth-order valence-electron chi connectivity index (χ4n) is 0.582. The van der Waals surface area contributed by atoms with Crippen LogP contribution in [-0.4, -0.2) is 14.8 Å². The number of aryl methyl sites for hydroxylation is 1. The van der Waals surface area contributed by atoms with E-state index < -0.39 is 0 Å². The number of nitrogens with zero attached hydrogens (tertiary/aromatic N) is 4. The fraction of sp³-hybridized carbons (Fsp3) is 0.400. The highest BCUT2D eigenvalue weighted by atomic mass is 15.3. The van der Waals surface area contributed by atoms with Crippen molar-refractivity contribution in [2.24, 2.45) is 0 Å². The molecule has 1 aromatic heterocycles. The van der Waals surface area contributed by atoms with E-state index in [1.807, 2.05) is 13.0 Å². The molecule has 0 atom stereocenters. The van der Waals surface area contributed by atoms with Gasteiger partial charge in [0, 0.05) is 6.54 Å². The zero-order valence-corrected chi connectivity index (χ0v) is 5.07. The van der Waals surface area contributed by atoms with Gasteiger partial charge in [0.15, 0.2) is 0 Å². The van der Waals surface area contributed by atoms with Crippen molar-refractivity contribution in [1.82, 2.24) is 14.8 Å². The SMILES string of the molecule is CCn1ncnc1C#N. The first-order valence-electron chi connectivity index (χ1n) is 2.66. The average molecular weight is 122 g/mol. The van der Waals surface area contributed by atoms with Gasteiger partial charge < -0.3 is 0 Å². The lowest BCUT2D eigenvalue weighted by molar-refractivity contribution is 0.648. The molecule has 0 spiro atoms. The Balaban J connectivity index is 3.02. The second kappa shape index (κ2) is 2.27. The molecule has 1 heterocycles. The molecule has 1 rings (SSSR count). The largest absolute Gasteiger partial charge is 0.238 e. The molecule has 0 aliphatic carbocycles. The smallest absolute Gasteiger partial charge is 0.230 e. The van der Waals surface area contributed by atoms with Crippen molar-refractivity contribution in [3.63, 3.8) is 0 Å². The molecule has 1 aromatic rings. The zero-order valence-electron chi connectivity index (χ0n) is 5.07. The van der Waals surface area contributed by atoms with E-state index >= 15 is 0 Å². The molecule has 0 unspecified atom stereocenters. The monoisotopic (exact) mass is 122 g/mol. The zero-order chi connectivity index (χ0) is 6.69. The van der Waals surface area contributed by atoms with E-state index in [0.717, 1.165) is 0 Å². The lowest BCUT2D eigenvalue weighted by Gasteiger charge is -1.90. The summed E-state index contributed by atoms with van der Waals surface area (Å²) in [6.45, 7) is 2.61. The molecule has 4 heteroatoms. The summed E-state index contributed by atoms with van der Waals surface area (Å²) < 4.78 is 1.54. The molecule has 4 nitrogen and oxygen atoms in total. The summed E-state index contributed by atoms with van der Waals surface area (Å²) in [5, 5.41) is 12.2. The molecule has 9 heavy (non-hydrogen) atoms. The van der Waals surface area contributed by atoms with Gasteiger partial charge in [-0.2, -0.15) is 10.4 Å². The van der Waals surface area contributed by atoms with Gasteiger partial charge in [0.1, 0.15) is 12.4 Å². The Morgan fingerprint density at radius 2 is 2.67 bits per heavy atom. The summed E-state index contributed by atoms with van der Waals surface area (Å²) in [6, 6.07) is 1.92. The van der Waals surface area contributed by atoms with Crippen LogP contribution in [0.2, 0.25) is 0 Å². The van der Waals surface area contributed by atoms with Crippen molar-refractivity contribution < 1.29 is 0 Å². The van der Waals surface area contributed by atoms with Crippen molar-refractivity contribution >= 4 is 0 Å². The summed E-state index contributed by atoms with van der Waals surface area (Å²) in [5.41, 5.74) is 0. The maximum absolute atomic E-state index is 8.37. The van der Waals surface area contributed by atoms with E-state index in [9.17, 15) is 0 Å². The number of nitriles is 1. The lowest BCUT2D eigenvalue weighted by atomic mass is 10.6. The van der Waals surface area contributed by atoms with E-state index in [1.54, 1.807) is 4.68 Å². The first-order valence-corrected chi connectivity index (χ1v) is 2.66. The van der Waals surface area contributed by atoms with E-state index in [1.165, 1.54) is 6.33 Å². The summed E-state index contributed by atoms with van der Waals surface area (Å²) in [4.78, 5) is 3.70. The average Bonchev–Trinajstić information content (AvgIpc) is 2.33. The van der Waals surface area contributed by atoms with Crippen molar-refractivity contribution in [3.8, 4) is 6.07 Å². The Bertz CT molecular complexity index is 231. The summed E-state index contributed by atoms with van der Waals surface area (Å²) in [5.74, 6) is 0.373. The second-order valence-electron chi connectivity index (χ2n) is 1.51. The predicted octanol–water partition coefficient (Wildman–Crippen LogP) is 0.170. The molecule has 0 aliphatic rings. The molecule has 0 N–H and O–H groups in total. The van der Waals surface area contributed by atoms with Crippen LogP contribution in [0, 0.1) is 11.3 Å². The van der Waals surface area contributed by atoms with Gasteiger partial charge in [0.2, 0.25) is 5.82 Å². The minimum absolute atomic E-state index is 0.373. The van der Waals surface area contributed by atoms with Gasteiger partial charge in [-0.25, -0.2) is 9.67 Å². The maximum Gasteiger partial charge on any atom is 0.230 e. The topological polar surface area (TPSA) is 54.5 Å². The summed E-state index contributed by atoms with van der Waals surface area (Å²) in [6.07, 6.45) is 1.38. The first kappa shape index (κ1) is 5.76. The van der Waals surface area contributed by atoms with Crippen LogP contribution in [0.1, 0.15) is 12.7 Å². The molecule has 0 aliphatic heterocycles. The molecule has 0 amide bonds. The van der Waals surface area contributed by atoms with Crippen LogP contribution in [0.3, 0.4) is 0 Å². The highest BCUT2D eigenvalue weighted by molar-refractivity contribution is 5.07. The summed E-state index contributed by atoms with van der Waals surface area (Å²) in [7, 11) is 0. The van der Waals surface area contributed by atoms with Gasteiger partial charge in [-0.1, -0.05) is 0 Å². The minimum Gasteiger partial charge on any atom is -0.238 e. The third kappa shape index (κ3) is 0.891. The van der Waals surface area contributed by atoms with Crippen molar-refractivity contribution in [3.05, 3.63) is 12.2 Å². The normalized spacial score (nSPS) is 8.89. The molecule has 0 saturated carbocycles. The van der Waals surface area contributed by atoms with Crippen molar-refractivity contribution in [1.29, 1.82) is 5.26 Å². The molecular formula is C5H6N4. The van der Waals surface area contributed by atoms with Crippen LogP contribution in [0.25, 0.3) is 0 Å². The quantitative estimate of drug-likeness (QED) is 0.533. The Kier molecular flexibility index (Phi) is 1.45. The lowest BCUT2D eigenvalue weighted by Crippen LogP contribution is -1.99. The number of aromatic nitrogens is 3. The number of hydrogen-bond donors (Lipinski definition) is 0. The van der Waals surface area contributed by atoms with Crippen LogP contribution < -0.4 is 0 Å². The van der Waals surface area contributed by atoms with Crippen LogP contribution in [0.5, 0.6) is 0 Å². The molecule has 0 bridgehead atoms. The number of hydrogen-bond acceptors (Lipinski definition) is 3. The van der Waals surface area contributed by atoms with E-state index in [4.69, 9.17) is 5.26 Å². The van der Waals surface area contributed by atoms with E-state index in [0.29, 0.717) is 12.4 Å². The maximum atomic E-state index is 8.37. The molecule has 0 radical (unpaired) electrons. The summed E-state index contributed by atoms with van der Waals surface area (Å²) >= 11 is 0. The second-order valence-corrected chi connectivity index (χ2v) is 1.51. The highest BCUT2D eigenvalue weighted by Crippen LogP contribution is 1.88. The molecule has 0 aromatic carbocycles. The number of rotatable bonds is 1. The Labute approximate surface area is 52.7 Å². The molecule has 46 valence electrons. The molecule has 0 saturated heterocycles. The van der Waals surface area contributed by atoms with E-state index in [-0.39, 0.29) is 0 Å². The van der Waals surface area contributed by atoms with Crippen LogP contribution in [0.4, 0.5) is 0 Å². The Morgan fingerprint density at radius 3 is 3.11 bits per heavy atom. The van der Waals surface area contributed by atoms with Crippen LogP contribution in [-0.2, 0) is 6.54 Å². The fourth-order valence-corrected chi connectivity index (χ4v) is 0.582. The third-order valence-corrected chi connectivity index (χ3v) is 1.02. The van der Waals surface area contributed by atoms with Gasteiger partial charge >= 0.3 is 0 Å². The standard InChI is InChI=1S/C5H6N4/c1-2-9-5(3-6)7-4-8-9/h4H,2H2,1H3. The third-order valence-electron chi connectivity index (χ3n) is 1.02. The Morgan fingerprint density at radius 1 is 1.89 bits per heavy atom. The molecule has 0 fully saturated rings. The Hall–Kier alpha value is -1.37. The highest BCUT2D eigenvalue weighted by Gasteiger charge is 1.96. The molecular weight excluding hydrogens is 116 g/mol. The first-order chi connectivity index (χ1) is 4.38. The van der Waals surface area contributed by atoms with E-state index in [2.05, 4.69) is 10.1 Å².